The zero-order valence-electron chi connectivity index (χ0n) is 26.6. The van der Waals surface area contributed by atoms with Gasteiger partial charge in [0.1, 0.15) is 5.75 Å². The molecule has 0 spiro atoms. The van der Waals surface area contributed by atoms with Crippen LogP contribution < -0.4 is 19.8 Å². The molecule has 9 rings (SSSR count). The van der Waals surface area contributed by atoms with Crippen LogP contribution in [0.1, 0.15) is 28.3 Å². The van der Waals surface area contributed by atoms with Gasteiger partial charge in [-0.3, -0.25) is 19.2 Å². The summed E-state index contributed by atoms with van der Waals surface area (Å²) in [6.45, 7) is -0.211. The average Bonchev–Trinajstić information content (AvgIpc) is 3.86. The molecule has 1 saturated heterocycles. The fraction of sp³-hybridized carbons (Fsp3) is 0.263. The van der Waals surface area contributed by atoms with E-state index in [1.54, 1.807) is 12.1 Å². The van der Waals surface area contributed by atoms with Crippen LogP contribution in [0, 0.1) is 29.6 Å². The first-order valence-corrected chi connectivity index (χ1v) is 18.2. The second kappa shape index (κ2) is 11.8. The van der Waals surface area contributed by atoms with Gasteiger partial charge in [-0.2, -0.15) is 13.2 Å². The summed E-state index contributed by atoms with van der Waals surface area (Å²) >= 11 is 2.62. The van der Waals surface area contributed by atoms with Crippen LogP contribution in [0.4, 0.5) is 24.5 Å². The van der Waals surface area contributed by atoms with Gasteiger partial charge in [-0.25, -0.2) is 4.90 Å². The number of thiazole rings is 1. The summed E-state index contributed by atoms with van der Waals surface area (Å²) in [7, 11) is 0. The first-order valence-electron chi connectivity index (χ1n) is 16.5. The lowest BCUT2D eigenvalue weighted by Gasteiger charge is -2.43. The van der Waals surface area contributed by atoms with Crippen LogP contribution in [0.2, 0.25) is 0 Å². The summed E-state index contributed by atoms with van der Waals surface area (Å²) in [6.07, 6.45) is -4.13. The smallest absolute Gasteiger partial charge is 0.418 e. The molecule has 7 atom stereocenters. The molecule has 13 heteroatoms. The molecule has 2 bridgehead atoms. The standard InChI is InChI=1S/C38H28F3N3O5S2/c39-38(40,41)25-7-3-4-8-26(25)44-35(46)30-23-16-24(31(30)36(44)47)32-29(23)28(33-34(50-32)43-37(48)51-33)19-10-13-22(14-11-19)49-17-27(45)42-21-12-9-18-5-1-2-6-20(18)15-21/h1-15,23-24,28-32H,16-17H2,(H,42,45)(H,43,48)/t23-,24-,28+,29-,30+,31+,32-/m1/s1. The van der Waals surface area contributed by atoms with Gasteiger partial charge in [0.2, 0.25) is 11.8 Å². The van der Waals surface area contributed by atoms with Crippen molar-refractivity contribution in [1.29, 1.82) is 0 Å². The molecule has 1 aromatic heterocycles. The summed E-state index contributed by atoms with van der Waals surface area (Å²) in [5.74, 6) is -3.39. The Kier molecular flexibility index (Phi) is 7.44. The molecular weight excluding hydrogens is 700 g/mol. The SMILES string of the molecule is O=C(COc1ccc([C@@H]2c3sc(=O)[nH]c3S[C@@H]3[C@@H]4C[C@@H]([C@@H]5C(=O)N(c6ccccc6C(F)(F)F)C(=O)[C@@H]45)[C@H]23)cc1)Nc1ccc2ccccc2c1. The number of nitrogens with zero attached hydrogens (tertiary/aromatic N) is 1. The molecule has 51 heavy (non-hydrogen) atoms. The summed E-state index contributed by atoms with van der Waals surface area (Å²) in [4.78, 5) is 57.6. The van der Waals surface area contributed by atoms with Crippen molar-refractivity contribution in [3.8, 4) is 5.75 Å². The van der Waals surface area contributed by atoms with Gasteiger partial charge in [0.25, 0.3) is 5.91 Å². The number of carbonyl (C=O) groups excluding carboxylic acids is 3. The summed E-state index contributed by atoms with van der Waals surface area (Å²) < 4.78 is 47.8. The molecule has 3 fully saturated rings. The maximum Gasteiger partial charge on any atom is 0.418 e. The van der Waals surface area contributed by atoms with E-state index in [0.717, 1.165) is 48.5 Å². The Labute approximate surface area is 297 Å². The molecule has 2 aliphatic carbocycles. The lowest BCUT2D eigenvalue weighted by atomic mass is 9.68. The average molecular weight is 728 g/mol. The Balaban J connectivity index is 0.967. The predicted octanol–water partition coefficient (Wildman–Crippen LogP) is 7.30. The van der Waals surface area contributed by atoms with Crippen LogP contribution in [-0.2, 0) is 20.6 Å². The monoisotopic (exact) mass is 727 g/mol. The number of hydrogen-bond acceptors (Lipinski definition) is 7. The molecule has 3 amide bonds. The lowest BCUT2D eigenvalue weighted by Crippen LogP contribution is -2.42. The second-order valence-electron chi connectivity index (χ2n) is 13.5. The third kappa shape index (κ3) is 5.19. The Bertz CT molecular complexity index is 2300. The number of anilines is 2. The number of hydrogen-bond donors (Lipinski definition) is 2. The highest BCUT2D eigenvalue weighted by Crippen LogP contribution is 2.69. The second-order valence-corrected chi connectivity index (χ2v) is 15.7. The number of ether oxygens (including phenoxy) is 1. The molecule has 0 radical (unpaired) electrons. The maximum atomic E-state index is 14.0. The minimum Gasteiger partial charge on any atom is -0.484 e. The summed E-state index contributed by atoms with van der Waals surface area (Å²) in [5.41, 5.74) is 0.102. The third-order valence-electron chi connectivity index (χ3n) is 10.8. The van der Waals surface area contributed by atoms with Crippen molar-refractivity contribution in [1.82, 2.24) is 4.98 Å². The van der Waals surface area contributed by atoms with Gasteiger partial charge in [-0.1, -0.05) is 65.9 Å². The number of amides is 3. The van der Waals surface area contributed by atoms with Gasteiger partial charge in [-0.15, -0.1) is 11.8 Å². The van der Waals surface area contributed by atoms with Crippen molar-refractivity contribution in [2.24, 2.45) is 29.6 Å². The molecule has 4 aromatic carbocycles. The number of aromatic amines is 1. The number of aromatic nitrogens is 1. The molecule has 4 aliphatic rings. The van der Waals surface area contributed by atoms with E-state index >= 15 is 0 Å². The van der Waals surface area contributed by atoms with Gasteiger partial charge in [-0.05, 0) is 76.9 Å². The number of benzene rings is 4. The first kappa shape index (κ1) is 32.1. The van der Waals surface area contributed by atoms with Crippen molar-refractivity contribution < 1.29 is 32.3 Å². The Hall–Kier alpha value is -4.88. The van der Waals surface area contributed by atoms with Crippen LogP contribution in [-0.4, -0.2) is 34.6 Å². The van der Waals surface area contributed by atoms with Crippen molar-refractivity contribution in [3.63, 3.8) is 0 Å². The minimum atomic E-state index is -4.74. The van der Waals surface area contributed by atoms with E-state index in [1.807, 2.05) is 54.6 Å². The van der Waals surface area contributed by atoms with E-state index in [2.05, 4.69) is 10.3 Å². The quantitative estimate of drug-likeness (QED) is 0.178. The Morgan fingerprint density at radius 1 is 0.882 bits per heavy atom. The highest BCUT2D eigenvalue weighted by atomic mass is 32.2. The predicted molar refractivity (Wildman–Crippen MR) is 187 cm³/mol. The van der Waals surface area contributed by atoms with Gasteiger partial charge in [0.15, 0.2) is 6.61 Å². The van der Waals surface area contributed by atoms with Gasteiger partial charge in [0.05, 0.1) is 28.1 Å². The number of carbonyl (C=O) groups is 3. The first-order chi connectivity index (χ1) is 24.6. The largest absolute Gasteiger partial charge is 0.484 e. The number of rotatable bonds is 6. The third-order valence-corrected chi connectivity index (χ3v) is 13.4. The van der Waals surface area contributed by atoms with Crippen molar-refractivity contribution in [3.05, 3.63) is 117 Å². The van der Waals surface area contributed by atoms with Gasteiger partial charge in [0, 0.05) is 21.7 Å². The topological polar surface area (TPSA) is 109 Å². The Morgan fingerprint density at radius 3 is 2.35 bits per heavy atom. The number of para-hydroxylation sites is 1. The highest BCUT2D eigenvalue weighted by molar-refractivity contribution is 8.00. The lowest BCUT2D eigenvalue weighted by molar-refractivity contribution is -0.137. The number of imide groups is 1. The van der Waals surface area contributed by atoms with E-state index in [9.17, 15) is 32.3 Å². The van der Waals surface area contributed by atoms with E-state index in [-0.39, 0.29) is 46.3 Å². The number of H-pyrrole nitrogens is 1. The molecule has 2 aliphatic heterocycles. The highest BCUT2D eigenvalue weighted by Gasteiger charge is 2.70. The van der Waals surface area contributed by atoms with E-state index in [0.29, 0.717) is 17.9 Å². The van der Waals surface area contributed by atoms with Gasteiger partial charge < -0.3 is 15.0 Å². The number of halogens is 3. The molecule has 5 aromatic rings. The maximum absolute atomic E-state index is 14.0. The molecule has 8 nitrogen and oxygen atoms in total. The van der Waals surface area contributed by atoms with Crippen molar-refractivity contribution >= 4 is 63.0 Å². The fourth-order valence-corrected chi connectivity index (χ4v) is 11.8. The van der Waals surface area contributed by atoms with E-state index in [4.69, 9.17) is 4.74 Å². The minimum absolute atomic E-state index is 0.122. The molecule has 2 saturated carbocycles. The van der Waals surface area contributed by atoms with E-state index < -0.39 is 41.1 Å². The van der Waals surface area contributed by atoms with Crippen molar-refractivity contribution in [2.75, 3.05) is 16.8 Å². The molecule has 3 heterocycles. The normalized spacial score (nSPS) is 26.3. The number of thioether (sulfide) groups is 1. The van der Waals surface area contributed by atoms with Crippen LogP contribution in [0.5, 0.6) is 5.75 Å². The molecule has 258 valence electrons. The fourth-order valence-electron chi connectivity index (χ4n) is 8.92. The van der Waals surface area contributed by atoms with Crippen LogP contribution in [0.25, 0.3) is 10.8 Å². The van der Waals surface area contributed by atoms with E-state index in [1.165, 1.54) is 30.0 Å². The number of nitrogens with one attached hydrogen (secondary N) is 2. The van der Waals surface area contributed by atoms with Crippen LogP contribution >= 0.6 is 23.1 Å². The summed E-state index contributed by atoms with van der Waals surface area (Å²) in [6, 6.07) is 25.5. The van der Waals surface area contributed by atoms with Gasteiger partial charge >= 0.3 is 11.0 Å². The van der Waals surface area contributed by atoms with Crippen LogP contribution in [0.3, 0.4) is 0 Å². The summed E-state index contributed by atoms with van der Waals surface area (Å²) in [5, 5.41) is 5.53. The van der Waals surface area contributed by atoms with Crippen LogP contribution in [0.15, 0.2) is 101 Å². The zero-order chi connectivity index (χ0) is 35.2. The number of alkyl halides is 3. The Morgan fingerprint density at radius 2 is 1.59 bits per heavy atom. The zero-order valence-corrected chi connectivity index (χ0v) is 28.2. The molecular formula is C38H28F3N3O5S2. The molecule has 2 N–H and O–H groups in total. The molecule has 0 unspecified atom stereocenters. The van der Waals surface area contributed by atoms with Crippen molar-refractivity contribution in [2.45, 2.75) is 28.8 Å². The number of fused-ring (bicyclic) bond motifs is 10.